The molecule has 0 saturated heterocycles. The summed E-state index contributed by atoms with van der Waals surface area (Å²) in [6.07, 6.45) is 7.59. The van der Waals surface area contributed by atoms with Gasteiger partial charge in [0.1, 0.15) is 11.4 Å². The number of rotatable bonds is 6. The Labute approximate surface area is 171 Å². The fourth-order valence-corrected chi connectivity index (χ4v) is 3.93. The van der Waals surface area contributed by atoms with E-state index in [0.29, 0.717) is 17.8 Å². The Bertz CT molecular complexity index is 959. The summed E-state index contributed by atoms with van der Waals surface area (Å²) in [5.41, 5.74) is 3.32. The van der Waals surface area contributed by atoms with Gasteiger partial charge in [-0.15, -0.1) is 0 Å². The predicted octanol–water partition coefficient (Wildman–Crippen LogP) is 4.67. The van der Waals surface area contributed by atoms with Crippen LogP contribution in [0, 0.1) is 0 Å². The molecule has 3 aromatic rings. The molecular weight excluding hydrogens is 362 g/mol. The largest absolute Gasteiger partial charge is 0.497 e. The number of carbonyl (C=O) groups is 1. The van der Waals surface area contributed by atoms with Gasteiger partial charge in [0.05, 0.1) is 19.2 Å². The Morgan fingerprint density at radius 3 is 2.66 bits per heavy atom. The molecule has 5 nitrogen and oxygen atoms in total. The van der Waals surface area contributed by atoms with Gasteiger partial charge in [0.15, 0.2) is 0 Å². The van der Waals surface area contributed by atoms with Crippen LogP contribution in [0.1, 0.15) is 48.0 Å². The van der Waals surface area contributed by atoms with Gasteiger partial charge >= 0.3 is 0 Å². The van der Waals surface area contributed by atoms with E-state index in [0.717, 1.165) is 29.7 Å². The lowest BCUT2D eigenvalue weighted by molar-refractivity contribution is 0.0928. The second-order valence-corrected chi connectivity index (χ2v) is 7.61. The van der Waals surface area contributed by atoms with Gasteiger partial charge in [-0.1, -0.05) is 61.7 Å². The Hall–Kier alpha value is -3.08. The monoisotopic (exact) mass is 389 g/mol. The summed E-state index contributed by atoms with van der Waals surface area (Å²) in [5.74, 6) is 0.702. The summed E-state index contributed by atoms with van der Waals surface area (Å²) in [4.78, 5) is 13.1. The zero-order chi connectivity index (χ0) is 20.1. The first kappa shape index (κ1) is 19.2. The van der Waals surface area contributed by atoms with Crippen LogP contribution < -0.4 is 10.1 Å². The number of nitrogens with zero attached hydrogens (tertiary/aromatic N) is 2. The number of hydrogen-bond donors (Lipinski definition) is 1. The number of methoxy groups -OCH3 is 1. The molecule has 0 atom stereocenters. The molecule has 1 aliphatic rings. The van der Waals surface area contributed by atoms with E-state index in [9.17, 15) is 4.79 Å². The molecule has 0 radical (unpaired) electrons. The highest BCUT2D eigenvalue weighted by atomic mass is 16.5. The SMILES string of the molecule is COc1cccc(-c2nn(Cc3ccccc3)cc2C(=O)NC2CCCCC2)c1. The minimum absolute atomic E-state index is 0.0472. The first-order valence-electron chi connectivity index (χ1n) is 10.3. The van der Waals surface area contributed by atoms with Crippen LogP contribution in [-0.4, -0.2) is 28.8 Å². The van der Waals surface area contributed by atoms with Crippen molar-refractivity contribution in [1.29, 1.82) is 0 Å². The summed E-state index contributed by atoms with van der Waals surface area (Å²) < 4.78 is 7.21. The molecule has 29 heavy (non-hydrogen) atoms. The molecule has 1 amide bonds. The Kier molecular flexibility index (Phi) is 5.94. The highest BCUT2D eigenvalue weighted by Gasteiger charge is 2.22. The summed E-state index contributed by atoms with van der Waals surface area (Å²) in [6, 6.07) is 18.1. The zero-order valence-electron chi connectivity index (χ0n) is 16.8. The maximum Gasteiger partial charge on any atom is 0.255 e. The van der Waals surface area contributed by atoms with Crippen LogP contribution in [0.4, 0.5) is 0 Å². The number of carbonyl (C=O) groups excluding carboxylic acids is 1. The van der Waals surface area contributed by atoms with Crippen LogP contribution in [0.2, 0.25) is 0 Å². The van der Waals surface area contributed by atoms with Gasteiger partial charge in [-0.3, -0.25) is 9.48 Å². The lowest BCUT2D eigenvalue weighted by atomic mass is 9.95. The third-order valence-corrected chi connectivity index (χ3v) is 5.48. The summed E-state index contributed by atoms with van der Waals surface area (Å²) >= 11 is 0. The molecule has 0 bridgehead atoms. The van der Waals surface area contributed by atoms with Gasteiger partial charge in [0.2, 0.25) is 0 Å². The normalized spacial score (nSPS) is 14.5. The molecule has 0 aliphatic heterocycles. The molecule has 1 fully saturated rings. The number of aromatic nitrogens is 2. The molecule has 2 aromatic carbocycles. The van der Waals surface area contributed by atoms with Gasteiger partial charge in [-0.05, 0) is 30.5 Å². The number of benzene rings is 2. The standard InChI is InChI=1S/C24H27N3O2/c1-29-21-14-8-11-19(15-21)23-22(24(28)25-20-12-6-3-7-13-20)17-27(26-23)16-18-9-4-2-5-10-18/h2,4-5,8-11,14-15,17,20H,3,6-7,12-13,16H2,1H3,(H,25,28). The second kappa shape index (κ2) is 8.95. The molecule has 150 valence electrons. The molecule has 5 heteroatoms. The Balaban J connectivity index is 1.65. The highest BCUT2D eigenvalue weighted by Crippen LogP contribution is 2.27. The van der Waals surface area contributed by atoms with Crippen molar-refractivity contribution < 1.29 is 9.53 Å². The van der Waals surface area contributed by atoms with Crippen molar-refractivity contribution in [2.24, 2.45) is 0 Å². The van der Waals surface area contributed by atoms with E-state index in [1.54, 1.807) is 7.11 Å². The van der Waals surface area contributed by atoms with Crippen molar-refractivity contribution in [1.82, 2.24) is 15.1 Å². The van der Waals surface area contributed by atoms with E-state index in [4.69, 9.17) is 9.84 Å². The number of hydrogen-bond acceptors (Lipinski definition) is 3. The van der Waals surface area contributed by atoms with E-state index in [1.165, 1.54) is 19.3 Å². The van der Waals surface area contributed by atoms with Crippen LogP contribution in [0.25, 0.3) is 11.3 Å². The molecule has 0 spiro atoms. The maximum atomic E-state index is 13.1. The van der Waals surface area contributed by atoms with Crippen LogP contribution in [0.15, 0.2) is 60.8 Å². The molecular formula is C24H27N3O2. The minimum Gasteiger partial charge on any atom is -0.497 e. The molecule has 1 aliphatic carbocycles. The van der Waals surface area contributed by atoms with Gasteiger partial charge in [0, 0.05) is 17.8 Å². The molecule has 4 rings (SSSR count). The second-order valence-electron chi connectivity index (χ2n) is 7.61. The van der Waals surface area contributed by atoms with Crippen molar-refractivity contribution in [3.63, 3.8) is 0 Å². The smallest absolute Gasteiger partial charge is 0.255 e. The summed E-state index contributed by atoms with van der Waals surface area (Å²) in [5, 5.41) is 7.99. The van der Waals surface area contributed by atoms with Gasteiger partial charge in [0.25, 0.3) is 5.91 Å². The lowest BCUT2D eigenvalue weighted by Gasteiger charge is -2.22. The average molecular weight is 389 g/mol. The van der Waals surface area contributed by atoms with Crippen LogP contribution >= 0.6 is 0 Å². The first-order chi connectivity index (χ1) is 14.2. The van der Waals surface area contributed by atoms with E-state index < -0.39 is 0 Å². The minimum atomic E-state index is -0.0472. The van der Waals surface area contributed by atoms with Crippen molar-refractivity contribution >= 4 is 5.91 Å². The number of nitrogens with one attached hydrogen (secondary N) is 1. The Morgan fingerprint density at radius 1 is 1.10 bits per heavy atom. The van der Waals surface area contributed by atoms with E-state index in [1.807, 2.05) is 53.3 Å². The topological polar surface area (TPSA) is 56.2 Å². The zero-order valence-corrected chi connectivity index (χ0v) is 16.8. The number of amides is 1. The fraction of sp³-hybridized carbons (Fsp3) is 0.333. The van der Waals surface area contributed by atoms with E-state index >= 15 is 0 Å². The lowest BCUT2D eigenvalue weighted by Crippen LogP contribution is -2.36. The predicted molar refractivity (Wildman–Crippen MR) is 114 cm³/mol. The molecule has 1 saturated carbocycles. The molecule has 1 heterocycles. The van der Waals surface area contributed by atoms with Gasteiger partial charge < -0.3 is 10.1 Å². The number of ether oxygens (including phenoxy) is 1. The maximum absolute atomic E-state index is 13.1. The average Bonchev–Trinajstić information content (AvgIpc) is 3.19. The highest BCUT2D eigenvalue weighted by molar-refractivity contribution is 6.00. The van der Waals surface area contributed by atoms with Crippen molar-refractivity contribution in [2.75, 3.05) is 7.11 Å². The third kappa shape index (κ3) is 4.67. The van der Waals surface area contributed by atoms with Crippen molar-refractivity contribution in [2.45, 2.75) is 44.7 Å². The first-order valence-corrected chi connectivity index (χ1v) is 10.3. The van der Waals surface area contributed by atoms with Crippen LogP contribution in [-0.2, 0) is 6.54 Å². The van der Waals surface area contributed by atoms with Crippen LogP contribution in [0.5, 0.6) is 5.75 Å². The summed E-state index contributed by atoms with van der Waals surface area (Å²) in [7, 11) is 1.64. The quantitative estimate of drug-likeness (QED) is 0.667. The molecule has 1 aromatic heterocycles. The van der Waals surface area contributed by atoms with Gasteiger partial charge in [-0.2, -0.15) is 5.10 Å². The van der Waals surface area contributed by atoms with Gasteiger partial charge in [-0.25, -0.2) is 0 Å². The fourth-order valence-electron chi connectivity index (χ4n) is 3.93. The van der Waals surface area contributed by atoms with E-state index in [-0.39, 0.29) is 11.9 Å². The van der Waals surface area contributed by atoms with Crippen LogP contribution in [0.3, 0.4) is 0 Å². The van der Waals surface area contributed by atoms with E-state index in [2.05, 4.69) is 17.4 Å². The molecule has 0 unspecified atom stereocenters. The third-order valence-electron chi connectivity index (χ3n) is 5.48. The summed E-state index contributed by atoms with van der Waals surface area (Å²) in [6.45, 7) is 0.620. The van der Waals surface area contributed by atoms with Crippen molar-refractivity contribution in [3.8, 4) is 17.0 Å². The Morgan fingerprint density at radius 2 is 1.90 bits per heavy atom. The van der Waals surface area contributed by atoms with Crippen molar-refractivity contribution in [3.05, 3.63) is 71.9 Å². The molecule has 1 N–H and O–H groups in total.